The van der Waals surface area contributed by atoms with Gasteiger partial charge in [0.1, 0.15) is 0 Å². The molecule has 4 unspecified atom stereocenters. The summed E-state index contributed by atoms with van der Waals surface area (Å²) in [7, 11) is 2.24. The summed E-state index contributed by atoms with van der Waals surface area (Å²) in [4.78, 5) is 7.82. The van der Waals surface area contributed by atoms with Crippen LogP contribution in [0.25, 0.3) is 0 Å². The van der Waals surface area contributed by atoms with Gasteiger partial charge in [-0.05, 0) is 44.8 Å². The van der Waals surface area contributed by atoms with Crippen LogP contribution in [0.4, 0.5) is 0 Å². The Bertz CT molecular complexity index is 325. The third kappa shape index (κ3) is 3.79. The number of nitrogens with one attached hydrogen (secondary N) is 1. The van der Waals surface area contributed by atoms with Crippen LogP contribution in [0.15, 0.2) is 0 Å². The van der Waals surface area contributed by atoms with E-state index < -0.39 is 0 Å². The lowest BCUT2D eigenvalue weighted by molar-refractivity contribution is 0.0826. The molecule has 0 radical (unpaired) electrons. The van der Waals surface area contributed by atoms with Crippen LogP contribution in [0.1, 0.15) is 26.7 Å². The summed E-state index contributed by atoms with van der Waals surface area (Å²) in [5.74, 6) is 1.66. The molecule has 0 amide bonds. The minimum absolute atomic E-state index is 0.707. The van der Waals surface area contributed by atoms with E-state index in [1.807, 2.05) is 0 Å². The number of nitrogens with zero attached hydrogens (tertiary/aromatic N) is 3. The quantitative estimate of drug-likeness (QED) is 0.815. The lowest BCUT2D eigenvalue weighted by atomic mass is 9.93. The number of rotatable bonds is 5. The molecule has 2 bridgehead atoms. The summed E-state index contributed by atoms with van der Waals surface area (Å²) in [6.07, 6.45) is 2.77. The second-order valence-electron chi connectivity index (χ2n) is 7.80. The molecule has 4 atom stereocenters. The van der Waals surface area contributed by atoms with Crippen LogP contribution in [0.2, 0.25) is 0 Å². The molecular formula is C17H34N4. The fourth-order valence-electron chi connectivity index (χ4n) is 4.43. The SMILES string of the molecule is CC(C)C(CNC1CCN2CCC1C2)N1CCN(C)CC1. The first-order chi connectivity index (χ1) is 10.1. The number of piperidine rings is 1. The summed E-state index contributed by atoms with van der Waals surface area (Å²) in [6, 6.07) is 1.48. The summed E-state index contributed by atoms with van der Waals surface area (Å²) in [5, 5.41) is 3.96. The van der Waals surface area contributed by atoms with Crippen molar-refractivity contribution in [3.63, 3.8) is 0 Å². The molecule has 3 aliphatic rings. The monoisotopic (exact) mass is 294 g/mol. The average Bonchev–Trinajstić information content (AvgIpc) is 2.85. The predicted molar refractivity (Wildman–Crippen MR) is 88.7 cm³/mol. The van der Waals surface area contributed by atoms with Crippen LogP contribution in [0.5, 0.6) is 0 Å². The van der Waals surface area contributed by atoms with Crippen LogP contribution < -0.4 is 5.32 Å². The van der Waals surface area contributed by atoms with Gasteiger partial charge in [0.15, 0.2) is 0 Å². The lowest BCUT2D eigenvalue weighted by Gasteiger charge is -2.41. The molecule has 21 heavy (non-hydrogen) atoms. The van der Waals surface area contributed by atoms with Crippen molar-refractivity contribution >= 4 is 0 Å². The molecule has 3 fully saturated rings. The Labute approximate surface area is 130 Å². The molecule has 122 valence electrons. The van der Waals surface area contributed by atoms with Crippen molar-refractivity contribution in [3.8, 4) is 0 Å². The van der Waals surface area contributed by atoms with Crippen molar-refractivity contribution in [1.29, 1.82) is 0 Å². The molecule has 0 saturated carbocycles. The third-order valence-electron chi connectivity index (χ3n) is 6.00. The number of piperazine rings is 1. The van der Waals surface area contributed by atoms with Crippen molar-refractivity contribution in [2.24, 2.45) is 11.8 Å². The first-order valence-corrected chi connectivity index (χ1v) is 9.02. The molecule has 0 aliphatic carbocycles. The number of hydrogen-bond donors (Lipinski definition) is 1. The molecule has 3 heterocycles. The molecule has 3 saturated heterocycles. The number of hydrogen-bond acceptors (Lipinski definition) is 4. The fraction of sp³-hybridized carbons (Fsp3) is 1.00. The Hall–Kier alpha value is -0.160. The van der Waals surface area contributed by atoms with E-state index in [0.29, 0.717) is 6.04 Å². The van der Waals surface area contributed by atoms with E-state index in [4.69, 9.17) is 0 Å². The third-order valence-corrected chi connectivity index (χ3v) is 6.00. The summed E-state index contributed by atoms with van der Waals surface area (Å²) < 4.78 is 0. The molecule has 3 aliphatic heterocycles. The summed E-state index contributed by atoms with van der Waals surface area (Å²) >= 11 is 0. The van der Waals surface area contributed by atoms with Crippen molar-refractivity contribution in [1.82, 2.24) is 20.0 Å². The van der Waals surface area contributed by atoms with Crippen LogP contribution in [-0.2, 0) is 0 Å². The van der Waals surface area contributed by atoms with Crippen molar-refractivity contribution in [3.05, 3.63) is 0 Å². The van der Waals surface area contributed by atoms with E-state index in [-0.39, 0.29) is 0 Å². The standard InChI is InChI=1S/C17H34N4/c1-14(2)17(21-10-8-19(3)9-11-21)12-18-16-5-7-20-6-4-15(16)13-20/h14-18H,4-13H2,1-3H3. The zero-order valence-electron chi connectivity index (χ0n) is 14.2. The maximum absolute atomic E-state index is 3.96. The van der Waals surface area contributed by atoms with E-state index >= 15 is 0 Å². The Balaban J connectivity index is 1.50. The molecule has 1 N–H and O–H groups in total. The van der Waals surface area contributed by atoms with Gasteiger partial charge in [-0.25, -0.2) is 0 Å². The van der Waals surface area contributed by atoms with Crippen LogP contribution in [0, 0.1) is 11.8 Å². The van der Waals surface area contributed by atoms with E-state index in [0.717, 1.165) is 17.9 Å². The van der Waals surface area contributed by atoms with Gasteiger partial charge in [-0.1, -0.05) is 13.8 Å². The molecule has 3 rings (SSSR count). The molecule has 4 heteroatoms. The average molecular weight is 294 g/mol. The van der Waals surface area contributed by atoms with Gasteiger partial charge in [-0.2, -0.15) is 0 Å². The zero-order valence-corrected chi connectivity index (χ0v) is 14.2. The van der Waals surface area contributed by atoms with Crippen molar-refractivity contribution in [2.45, 2.75) is 38.8 Å². The highest BCUT2D eigenvalue weighted by molar-refractivity contribution is 4.92. The Morgan fingerprint density at radius 1 is 1.00 bits per heavy atom. The van der Waals surface area contributed by atoms with E-state index in [1.54, 1.807) is 0 Å². The van der Waals surface area contributed by atoms with Gasteiger partial charge in [-0.15, -0.1) is 0 Å². The molecular weight excluding hydrogens is 260 g/mol. The molecule has 0 aromatic heterocycles. The highest BCUT2D eigenvalue weighted by atomic mass is 15.3. The zero-order chi connectivity index (χ0) is 14.8. The predicted octanol–water partition coefficient (Wildman–Crippen LogP) is 0.942. The van der Waals surface area contributed by atoms with E-state index in [2.05, 4.69) is 40.9 Å². The molecule has 4 nitrogen and oxygen atoms in total. The van der Waals surface area contributed by atoms with Crippen LogP contribution in [0.3, 0.4) is 0 Å². The van der Waals surface area contributed by atoms with Crippen LogP contribution >= 0.6 is 0 Å². The maximum Gasteiger partial charge on any atom is 0.0244 e. The highest BCUT2D eigenvalue weighted by Gasteiger charge is 2.34. The van der Waals surface area contributed by atoms with E-state index in [1.165, 1.54) is 65.2 Å². The first-order valence-electron chi connectivity index (χ1n) is 9.02. The minimum Gasteiger partial charge on any atom is -0.312 e. The van der Waals surface area contributed by atoms with Gasteiger partial charge >= 0.3 is 0 Å². The van der Waals surface area contributed by atoms with E-state index in [9.17, 15) is 0 Å². The highest BCUT2D eigenvalue weighted by Crippen LogP contribution is 2.27. The summed E-state index contributed by atoms with van der Waals surface area (Å²) in [6.45, 7) is 14.9. The second kappa shape index (κ2) is 6.95. The largest absolute Gasteiger partial charge is 0.312 e. The topological polar surface area (TPSA) is 21.8 Å². The minimum atomic E-state index is 0.707. The Morgan fingerprint density at radius 2 is 1.71 bits per heavy atom. The number of likely N-dealkylation sites (N-methyl/N-ethyl adjacent to an activating group) is 1. The Morgan fingerprint density at radius 3 is 2.43 bits per heavy atom. The van der Waals surface area contributed by atoms with Crippen molar-refractivity contribution in [2.75, 3.05) is 59.4 Å². The molecule has 0 aromatic carbocycles. The molecule has 0 spiro atoms. The Kier molecular flexibility index (Phi) is 5.20. The summed E-state index contributed by atoms with van der Waals surface area (Å²) in [5.41, 5.74) is 0. The normalized spacial score (nSPS) is 36.3. The van der Waals surface area contributed by atoms with Gasteiger partial charge in [-0.3, -0.25) is 4.90 Å². The van der Waals surface area contributed by atoms with Gasteiger partial charge in [0.05, 0.1) is 0 Å². The van der Waals surface area contributed by atoms with Gasteiger partial charge in [0.25, 0.3) is 0 Å². The fourth-order valence-corrected chi connectivity index (χ4v) is 4.43. The van der Waals surface area contributed by atoms with Crippen molar-refractivity contribution < 1.29 is 0 Å². The second-order valence-corrected chi connectivity index (χ2v) is 7.80. The maximum atomic E-state index is 3.96. The van der Waals surface area contributed by atoms with Gasteiger partial charge in [0.2, 0.25) is 0 Å². The van der Waals surface area contributed by atoms with Crippen LogP contribution in [-0.4, -0.2) is 86.2 Å². The van der Waals surface area contributed by atoms with Gasteiger partial charge in [0, 0.05) is 51.4 Å². The smallest absolute Gasteiger partial charge is 0.0244 e. The van der Waals surface area contributed by atoms with Gasteiger partial charge < -0.3 is 15.1 Å². The number of fused-ring (bicyclic) bond motifs is 2. The lowest BCUT2D eigenvalue weighted by Crippen LogP contribution is -2.55. The molecule has 0 aromatic rings. The first kappa shape index (κ1) is 15.7.